The van der Waals surface area contributed by atoms with Crippen molar-refractivity contribution in [2.24, 2.45) is 46.8 Å². The Kier molecular flexibility index (Phi) is 8.98. The van der Waals surface area contributed by atoms with Gasteiger partial charge >= 0.3 is 5.97 Å². The number of hydrogen-bond donors (Lipinski definition) is 1. The number of rotatable bonds is 11. The zero-order chi connectivity index (χ0) is 33.0. The summed E-state index contributed by atoms with van der Waals surface area (Å²) in [5.74, 6) is 5.76. The Morgan fingerprint density at radius 3 is 2.53 bits per heavy atom. The van der Waals surface area contributed by atoms with Crippen molar-refractivity contribution in [1.29, 1.82) is 0 Å². The van der Waals surface area contributed by atoms with Gasteiger partial charge < -0.3 is 9.84 Å². The zero-order valence-corrected chi connectivity index (χ0v) is 29.9. The quantitative estimate of drug-likeness (QED) is 0.198. The van der Waals surface area contributed by atoms with Crippen molar-refractivity contribution in [3.8, 4) is 11.5 Å². The van der Waals surface area contributed by atoms with Gasteiger partial charge in [-0.25, -0.2) is 0 Å². The van der Waals surface area contributed by atoms with Crippen LogP contribution in [0.25, 0.3) is 12.2 Å². The lowest BCUT2D eigenvalue weighted by Crippen LogP contribution is -2.32. The van der Waals surface area contributed by atoms with Gasteiger partial charge in [0, 0.05) is 11.1 Å². The van der Waals surface area contributed by atoms with E-state index in [0.717, 1.165) is 55.4 Å². The Morgan fingerprint density at radius 2 is 1.79 bits per heavy atom. The van der Waals surface area contributed by atoms with E-state index in [9.17, 15) is 9.90 Å². The second-order valence-electron chi connectivity index (χ2n) is 16.9. The SMILES string of the molecule is CCCC(CC)c1ccc(OC(=O)C2CC3CC4(C2)CC4C3C2C=Cc3c(C(CC(C)C)C(C)C)ccc(O)c3C2)c2c1CCC=C2. The van der Waals surface area contributed by atoms with Crippen molar-refractivity contribution in [2.45, 2.75) is 124 Å². The standard InChI is InChI=1S/C44H58O3/c1-7-11-28(8-2)32-17-19-41(36-13-10-9-12-33(32)36)47-43(46)31-21-30-23-44(24-31)25-39(44)42(30)29-14-15-35-34(16-18-40(45)38(35)22-29)37(27(5)6)20-26(3)4/h10,13-19,26-31,37,39,42,45H,7-9,11-12,20-25H2,1-6H3. The molecule has 3 fully saturated rings. The fourth-order valence-corrected chi connectivity index (χ4v) is 11.1. The highest BCUT2D eigenvalue weighted by molar-refractivity contribution is 5.78. The number of benzene rings is 2. The molecule has 0 saturated heterocycles. The van der Waals surface area contributed by atoms with Gasteiger partial charge in [-0.2, -0.15) is 0 Å². The number of phenols is 1. The monoisotopic (exact) mass is 634 g/mol. The summed E-state index contributed by atoms with van der Waals surface area (Å²) in [5, 5.41) is 11.1. The van der Waals surface area contributed by atoms with Gasteiger partial charge in [-0.1, -0.05) is 84.4 Å². The zero-order valence-electron chi connectivity index (χ0n) is 29.9. The molecule has 1 N–H and O–H groups in total. The average Bonchev–Trinajstić information content (AvgIpc) is 3.67. The molecule has 5 aliphatic rings. The summed E-state index contributed by atoms with van der Waals surface area (Å²) >= 11 is 0. The minimum Gasteiger partial charge on any atom is -0.508 e. The van der Waals surface area contributed by atoms with Crippen LogP contribution in [0.1, 0.15) is 145 Å². The van der Waals surface area contributed by atoms with Gasteiger partial charge in [0.15, 0.2) is 0 Å². The molecule has 1 spiro atoms. The maximum absolute atomic E-state index is 13.9. The van der Waals surface area contributed by atoms with E-state index in [1.807, 2.05) is 6.07 Å². The lowest BCUT2D eigenvalue weighted by Gasteiger charge is -2.36. The summed E-state index contributed by atoms with van der Waals surface area (Å²) in [7, 11) is 0. The van der Waals surface area contributed by atoms with Crippen LogP contribution < -0.4 is 4.74 Å². The fourth-order valence-electron chi connectivity index (χ4n) is 11.1. The van der Waals surface area contributed by atoms with E-state index in [4.69, 9.17) is 4.74 Å². The van der Waals surface area contributed by atoms with Crippen LogP contribution in [0, 0.1) is 46.8 Å². The van der Waals surface area contributed by atoms with E-state index in [1.54, 1.807) is 0 Å². The Bertz CT molecular complexity index is 1560. The van der Waals surface area contributed by atoms with Crippen LogP contribution >= 0.6 is 0 Å². The molecule has 252 valence electrons. The van der Waals surface area contributed by atoms with Crippen LogP contribution in [0.2, 0.25) is 0 Å². The van der Waals surface area contributed by atoms with Crippen LogP contribution in [0.4, 0.5) is 0 Å². The predicted molar refractivity (Wildman–Crippen MR) is 194 cm³/mol. The molecule has 2 bridgehead atoms. The van der Waals surface area contributed by atoms with Gasteiger partial charge in [-0.15, -0.1) is 0 Å². The molecular formula is C44H58O3. The number of fused-ring (bicyclic) bond motifs is 3. The van der Waals surface area contributed by atoms with Crippen molar-refractivity contribution in [3.05, 3.63) is 69.8 Å². The fraction of sp³-hybridized carbons (Fsp3) is 0.614. The van der Waals surface area contributed by atoms with Crippen molar-refractivity contribution in [1.82, 2.24) is 0 Å². The normalized spacial score (nSPS) is 29.7. The van der Waals surface area contributed by atoms with Crippen LogP contribution in [0.15, 0.2) is 36.4 Å². The van der Waals surface area contributed by atoms with Gasteiger partial charge in [-0.3, -0.25) is 4.79 Å². The highest BCUT2D eigenvalue weighted by Crippen LogP contribution is 2.76. The third-order valence-electron chi connectivity index (χ3n) is 13.2. The van der Waals surface area contributed by atoms with Crippen LogP contribution in [0.3, 0.4) is 0 Å². The third kappa shape index (κ3) is 5.93. The maximum Gasteiger partial charge on any atom is 0.314 e. The first-order valence-electron chi connectivity index (χ1n) is 19.2. The lowest BCUT2D eigenvalue weighted by molar-refractivity contribution is -0.141. The van der Waals surface area contributed by atoms with Gasteiger partial charge in [0.1, 0.15) is 11.5 Å². The van der Waals surface area contributed by atoms with Gasteiger partial charge in [-0.05, 0) is 151 Å². The van der Waals surface area contributed by atoms with E-state index in [0.29, 0.717) is 58.5 Å². The van der Waals surface area contributed by atoms with Crippen LogP contribution in [0.5, 0.6) is 11.5 Å². The molecule has 2 aromatic rings. The minimum absolute atomic E-state index is 0.00778. The van der Waals surface area contributed by atoms with Crippen molar-refractivity contribution >= 4 is 18.1 Å². The molecule has 8 unspecified atom stereocenters. The van der Waals surface area contributed by atoms with E-state index in [1.165, 1.54) is 54.4 Å². The summed E-state index contributed by atoms with van der Waals surface area (Å²) in [6.07, 6.45) is 21.5. The molecule has 3 saturated carbocycles. The first-order valence-corrected chi connectivity index (χ1v) is 19.2. The largest absolute Gasteiger partial charge is 0.508 e. The molecular weight excluding hydrogens is 576 g/mol. The number of hydrogen-bond acceptors (Lipinski definition) is 3. The molecule has 5 aliphatic carbocycles. The smallest absolute Gasteiger partial charge is 0.314 e. The Labute approximate surface area is 284 Å². The Balaban J connectivity index is 1.09. The molecule has 3 nitrogen and oxygen atoms in total. The molecule has 0 amide bonds. The molecule has 47 heavy (non-hydrogen) atoms. The molecule has 7 rings (SSSR count). The van der Waals surface area contributed by atoms with E-state index >= 15 is 0 Å². The summed E-state index contributed by atoms with van der Waals surface area (Å²) < 4.78 is 6.36. The summed E-state index contributed by atoms with van der Waals surface area (Å²) in [6, 6.07) is 8.51. The molecule has 0 aliphatic heterocycles. The number of allylic oxidation sites excluding steroid dienone is 2. The summed E-state index contributed by atoms with van der Waals surface area (Å²) in [5.41, 5.74) is 8.18. The minimum atomic E-state index is -0.0159. The number of ether oxygens (including phenoxy) is 1. The number of carbonyl (C=O) groups is 1. The Hall–Kier alpha value is -2.81. The number of phenolic OH excluding ortho intramolecular Hbond substituents is 1. The maximum atomic E-state index is 13.9. The van der Waals surface area contributed by atoms with Crippen LogP contribution in [-0.4, -0.2) is 11.1 Å². The lowest BCUT2D eigenvalue weighted by atomic mass is 9.69. The molecule has 8 atom stereocenters. The number of aromatic hydroxyl groups is 1. The number of carbonyl (C=O) groups excluding carboxylic acids is 1. The second kappa shape index (κ2) is 12.9. The highest BCUT2D eigenvalue weighted by atomic mass is 16.5. The molecule has 3 heteroatoms. The molecule has 2 aromatic carbocycles. The van der Waals surface area contributed by atoms with Crippen LogP contribution in [-0.2, 0) is 17.6 Å². The van der Waals surface area contributed by atoms with Crippen molar-refractivity contribution in [2.75, 3.05) is 0 Å². The first-order chi connectivity index (χ1) is 22.6. The van der Waals surface area contributed by atoms with Crippen molar-refractivity contribution in [3.63, 3.8) is 0 Å². The Morgan fingerprint density at radius 1 is 0.979 bits per heavy atom. The topological polar surface area (TPSA) is 46.5 Å². The van der Waals surface area contributed by atoms with E-state index in [-0.39, 0.29) is 11.9 Å². The first kappa shape index (κ1) is 32.7. The molecule has 0 radical (unpaired) electrons. The van der Waals surface area contributed by atoms with Gasteiger partial charge in [0.2, 0.25) is 0 Å². The predicted octanol–water partition coefficient (Wildman–Crippen LogP) is 11.3. The van der Waals surface area contributed by atoms with E-state index < -0.39 is 0 Å². The number of esters is 1. The second-order valence-corrected chi connectivity index (χ2v) is 16.9. The van der Waals surface area contributed by atoms with Crippen molar-refractivity contribution < 1.29 is 14.6 Å². The molecule has 0 heterocycles. The van der Waals surface area contributed by atoms with Gasteiger partial charge in [0.25, 0.3) is 0 Å². The summed E-state index contributed by atoms with van der Waals surface area (Å²) in [4.78, 5) is 13.9. The molecule has 0 aromatic heterocycles. The third-order valence-corrected chi connectivity index (χ3v) is 13.2. The van der Waals surface area contributed by atoms with E-state index in [2.05, 4.69) is 84.0 Å². The average molecular weight is 635 g/mol. The summed E-state index contributed by atoms with van der Waals surface area (Å²) in [6.45, 7) is 13.9. The van der Waals surface area contributed by atoms with Gasteiger partial charge in [0.05, 0.1) is 5.92 Å². The highest BCUT2D eigenvalue weighted by Gasteiger charge is 2.69.